The Kier molecular flexibility index (Phi) is 5.14. The number of carbonyl (C=O) groups excluding carboxylic acids is 1. The molecule has 0 fully saturated rings. The van der Waals surface area contributed by atoms with Gasteiger partial charge in [0.1, 0.15) is 5.82 Å². The maximum absolute atomic E-state index is 13.3. The van der Waals surface area contributed by atoms with Crippen LogP contribution in [0, 0.1) is 13.8 Å². The smallest absolute Gasteiger partial charge is 0.255 e. The minimum atomic E-state index is 0.0863. The average Bonchev–Trinajstić information content (AvgIpc) is 3.00. The lowest BCUT2D eigenvalue weighted by atomic mass is 9.97. The summed E-state index contributed by atoms with van der Waals surface area (Å²) in [6, 6.07) is 18.9. The highest BCUT2D eigenvalue weighted by Gasteiger charge is 2.22. The molecular weight excluding hydrogens is 450 g/mol. The van der Waals surface area contributed by atoms with E-state index in [4.69, 9.17) is 0 Å². The van der Waals surface area contributed by atoms with Gasteiger partial charge in [-0.05, 0) is 94.7 Å². The number of hydrogen-bond donors (Lipinski definition) is 1. The predicted molar refractivity (Wildman–Crippen MR) is 128 cm³/mol. The third kappa shape index (κ3) is 3.79. The van der Waals surface area contributed by atoms with Crippen LogP contribution in [0.2, 0.25) is 0 Å². The minimum Gasteiger partial charge on any atom is -0.342 e. The van der Waals surface area contributed by atoms with Gasteiger partial charge in [-0.15, -0.1) is 0 Å². The minimum absolute atomic E-state index is 0.0863. The van der Waals surface area contributed by atoms with Crippen molar-refractivity contribution in [3.63, 3.8) is 0 Å². The Morgan fingerprint density at radius 2 is 1.84 bits per heavy atom. The van der Waals surface area contributed by atoms with Crippen LogP contribution in [0.5, 0.6) is 0 Å². The molecule has 1 aliphatic rings. The van der Waals surface area contributed by atoms with E-state index < -0.39 is 0 Å². The molecule has 0 bridgehead atoms. The molecule has 31 heavy (non-hydrogen) atoms. The topological polar surface area (TPSA) is 49.0 Å². The molecule has 0 radical (unpaired) electrons. The Hall–Kier alpha value is -2.92. The summed E-state index contributed by atoms with van der Waals surface area (Å²) in [7, 11) is 0. The molecule has 0 saturated carbocycles. The van der Waals surface area contributed by atoms with Crippen molar-refractivity contribution in [1.29, 1.82) is 0 Å². The fraction of sp³-hybridized carbons (Fsp3) is 0.231. The van der Waals surface area contributed by atoms with Gasteiger partial charge in [-0.3, -0.25) is 4.79 Å². The van der Waals surface area contributed by atoms with Crippen LogP contribution in [-0.4, -0.2) is 27.3 Å². The zero-order valence-corrected chi connectivity index (χ0v) is 19.3. The zero-order chi connectivity index (χ0) is 21.5. The Bertz CT molecular complexity index is 1310. The molecule has 3 aromatic carbocycles. The number of nitrogens with one attached hydrogen (secondary N) is 1. The van der Waals surface area contributed by atoms with Crippen molar-refractivity contribution in [2.45, 2.75) is 33.2 Å². The fourth-order valence-electron chi connectivity index (χ4n) is 4.41. The largest absolute Gasteiger partial charge is 0.342 e. The summed E-state index contributed by atoms with van der Waals surface area (Å²) in [5, 5.41) is 0. The molecule has 5 heteroatoms. The molecule has 2 heterocycles. The van der Waals surface area contributed by atoms with E-state index in [0.29, 0.717) is 6.54 Å². The number of benzene rings is 3. The number of amides is 1. The monoisotopic (exact) mass is 473 g/mol. The number of aryl methyl sites for hydroxylation is 3. The molecule has 4 nitrogen and oxygen atoms in total. The molecule has 156 valence electrons. The second kappa shape index (κ2) is 7.97. The summed E-state index contributed by atoms with van der Waals surface area (Å²) in [6.07, 6.45) is 1.97. The first-order valence-corrected chi connectivity index (χ1v) is 11.4. The molecular formula is C26H24BrN3O. The molecule has 0 unspecified atom stereocenters. The van der Waals surface area contributed by atoms with E-state index in [1.807, 2.05) is 36.9 Å². The van der Waals surface area contributed by atoms with E-state index >= 15 is 0 Å². The molecule has 1 amide bonds. The molecule has 1 aromatic heterocycles. The van der Waals surface area contributed by atoms with E-state index in [0.717, 1.165) is 57.4 Å². The van der Waals surface area contributed by atoms with Gasteiger partial charge in [0.2, 0.25) is 0 Å². The van der Waals surface area contributed by atoms with Crippen molar-refractivity contribution in [2.24, 2.45) is 0 Å². The molecule has 0 spiro atoms. The van der Waals surface area contributed by atoms with Crippen LogP contribution in [0.25, 0.3) is 22.2 Å². The zero-order valence-electron chi connectivity index (χ0n) is 17.7. The van der Waals surface area contributed by atoms with Gasteiger partial charge in [0.25, 0.3) is 5.91 Å². The second-order valence-corrected chi connectivity index (χ2v) is 9.10. The number of imidazole rings is 1. The average molecular weight is 474 g/mol. The first kappa shape index (κ1) is 20.0. The normalized spacial score (nSPS) is 13.8. The van der Waals surface area contributed by atoms with Crippen LogP contribution in [0.1, 0.15) is 39.3 Å². The van der Waals surface area contributed by atoms with E-state index in [2.05, 4.69) is 62.3 Å². The van der Waals surface area contributed by atoms with Crippen LogP contribution in [0.4, 0.5) is 0 Å². The van der Waals surface area contributed by atoms with Gasteiger partial charge >= 0.3 is 0 Å². The lowest BCUT2D eigenvalue weighted by molar-refractivity contribution is 0.0745. The molecule has 0 saturated heterocycles. The quantitative estimate of drug-likeness (QED) is 0.376. The highest BCUT2D eigenvalue weighted by Crippen LogP contribution is 2.30. The third-order valence-corrected chi connectivity index (χ3v) is 7.14. The van der Waals surface area contributed by atoms with Crippen molar-refractivity contribution < 1.29 is 4.79 Å². The Morgan fingerprint density at radius 1 is 1.03 bits per heavy atom. The van der Waals surface area contributed by atoms with Crippen LogP contribution in [0.15, 0.2) is 59.1 Å². The van der Waals surface area contributed by atoms with Crippen molar-refractivity contribution in [1.82, 2.24) is 14.9 Å². The highest BCUT2D eigenvalue weighted by atomic mass is 79.9. The number of H-pyrrole nitrogens is 1. The van der Waals surface area contributed by atoms with E-state index in [1.54, 1.807) is 0 Å². The van der Waals surface area contributed by atoms with Crippen LogP contribution in [0.3, 0.4) is 0 Å². The Balaban J connectivity index is 1.48. The number of nitrogens with zero attached hydrogens (tertiary/aromatic N) is 2. The molecule has 0 aliphatic carbocycles. The van der Waals surface area contributed by atoms with Gasteiger partial charge in [0.05, 0.1) is 16.6 Å². The van der Waals surface area contributed by atoms with Crippen molar-refractivity contribution in [3.8, 4) is 11.1 Å². The highest BCUT2D eigenvalue weighted by molar-refractivity contribution is 9.10. The molecule has 5 rings (SSSR count). The predicted octanol–water partition coefficient (Wildman–Crippen LogP) is 6.20. The number of hydrogen-bond acceptors (Lipinski definition) is 2. The van der Waals surface area contributed by atoms with E-state index in [-0.39, 0.29) is 5.91 Å². The lowest BCUT2D eigenvalue weighted by Crippen LogP contribution is -2.31. The molecule has 1 N–H and O–H groups in total. The SMILES string of the molecule is Cc1nc2ccc(-c3ccc4c(c3)CN(C(=O)c3cccc(C)c3Br)CCC4)cc2[nH]1. The van der Waals surface area contributed by atoms with Crippen molar-refractivity contribution >= 4 is 32.9 Å². The number of carbonyl (C=O) groups is 1. The Labute approximate surface area is 190 Å². The standard InChI is InChI=1S/C26H24BrN3O/c1-16-5-3-7-22(25(16)27)26(31)30-12-4-6-18-8-9-19(13-21(18)15-30)20-10-11-23-24(14-20)29-17(2)28-23/h3,5,7-11,13-14H,4,6,12,15H2,1-2H3,(H,28,29). The molecule has 0 atom stereocenters. The number of halogens is 1. The maximum atomic E-state index is 13.3. The second-order valence-electron chi connectivity index (χ2n) is 8.30. The first-order chi connectivity index (χ1) is 15.0. The van der Waals surface area contributed by atoms with Crippen LogP contribution < -0.4 is 0 Å². The number of aromatic amines is 1. The fourth-order valence-corrected chi connectivity index (χ4v) is 4.85. The number of fused-ring (bicyclic) bond motifs is 2. The summed E-state index contributed by atoms with van der Waals surface area (Å²) in [4.78, 5) is 23.1. The summed E-state index contributed by atoms with van der Waals surface area (Å²) in [6.45, 7) is 5.39. The van der Waals surface area contributed by atoms with Crippen LogP contribution in [-0.2, 0) is 13.0 Å². The van der Waals surface area contributed by atoms with Crippen molar-refractivity contribution in [2.75, 3.05) is 6.54 Å². The Morgan fingerprint density at radius 3 is 2.71 bits per heavy atom. The van der Waals surface area contributed by atoms with Gasteiger partial charge in [-0.25, -0.2) is 4.98 Å². The van der Waals surface area contributed by atoms with Crippen molar-refractivity contribution in [3.05, 3.63) is 87.1 Å². The summed E-state index contributed by atoms with van der Waals surface area (Å²) < 4.78 is 0.890. The van der Waals surface area contributed by atoms with Gasteiger partial charge in [0.15, 0.2) is 0 Å². The molecule has 4 aromatic rings. The van der Waals surface area contributed by atoms with Gasteiger partial charge in [-0.1, -0.05) is 30.3 Å². The first-order valence-electron chi connectivity index (χ1n) is 10.6. The number of rotatable bonds is 2. The summed E-state index contributed by atoms with van der Waals surface area (Å²) in [5.41, 5.74) is 8.73. The molecule has 1 aliphatic heterocycles. The van der Waals surface area contributed by atoms with E-state index in [9.17, 15) is 4.79 Å². The van der Waals surface area contributed by atoms with Gasteiger partial charge in [0, 0.05) is 17.6 Å². The van der Waals surface area contributed by atoms with Gasteiger partial charge in [-0.2, -0.15) is 0 Å². The maximum Gasteiger partial charge on any atom is 0.255 e. The van der Waals surface area contributed by atoms with E-state index in [1.165, 1.54) is 16.7 Å². The summed E-state index contributed by atoms with van der Waals surface area (Å²) in [5.74, 6) is 1.01. The summed E-state index contributed by atoms with van der Waals surface area (Å²) >= 11 is 3.61. The third-order valence-electron chi connectivity index (χ3n) is 6.08. The van der Waals surface area contributed by atoms with Gasteiger partial charge < -0.3 is 9.88 Å². The number of aromatic nitrogens is 2. The van der Waals surface area contributed by atoms with Crippen LogP contribution >= 0.6 is 15.9 Å². The lowest BCUT2D eigenvalue weighted by Gasteiger charge is -2.22.